The summed E-state index contributed by atoms with van der Waals surface area (Å²) in [7, 11) is 0. The SMILES string of the molecule is CC(=O)OC[C@H]1O[C@@H](Oc2cc3c(c4c(C)csc24)[C@H](CCl)CN3C(=O)OC(C)(C)C)[C@H](OC(C)=O)[C@@H](OC(C)=O)[C@H]1OC(C)=O. The van der Waals surface area contributed by atoms with E-state index in [9.17, 15) is 24.0 Å². The number of esters is 4. The van der Waals surface area contributed by atoms with Crippen molar-refractivity contribution in [2.75, 3.05) is 23.9 Å². The highest BCUT2D eigenvalue weighted by Gasteiger charge is 2.53. The molecule has 0 spiro atoms. The van der Waals surface area contributed by atoms with Gasteiger partial charge in [-0.05, 0) is 44.2 Å². The van der Waals surface area contributed by atoms with Crippen LogP contribution in [0.2, 0.25) is 0 Å². The van der Waals surface area contributed by atoms with Crippen LogP contribution in [0.1, 0.15) is 65.5 Å². The van der Waals surface area contributed by atoms with E-state index in [1.54, 1.807) is 26.8 Å². The van der Waals surface area contributed by atoms with Crippen molar-refractivity contribution in [3.05, 3.63) is 22.6 Å². The molecule has 15 heteroatoms. The third-order valence-corrected chi connectivity index (χ3v) is 8.59. The number of anilines is 1. The number of amides is 1. The van der Waals surface area contributed by atoms with E-state index >= 15 is 0 Å². The number of ether oxygens (including phenoxy) is 7. The first-order valence-electron chi connectivity index (χ1n) is 14.6. The molecule has 2 aliphatic heterocycles. The molecule has 46 heavy (non-hydrogen) atoms. The van der Waals surface area contributed by atoms with Crippen molar-refractivity contribution in [2.45, 2.75) is 97.6 Å². The van der Waals surface area contributed by atoms with Gasteiger partial charge >= 0.3 is 30.0 Å². The van der Waals surface area contributed by atoms with Gasteiger partial charge < -0.3 is 33.2 Å². The number of benzene rings is 1. The number of fused-ring (bicyclic) bond motifs is 3. The zero-order valence-electron chi connectivity index (χ0n) is 26.9. The molecule has 4 rings (SSSR count). The molecule has 252 valence electrons. The molecule has 0 unspecified atom stereocenters. The fourth-order valence-corrected chi connectivity index (χ4v) is 6.79. The highest BCUT2D eigenvalue weighted by molar-refractivity contribution is 7.17. The van der Waals surface area contributed by atoms with Crippen LogP contribution in [0.25, 0.3) is 10.1 Å². The first kappa shape index (κ1) is 35.2. The first-order valence-corrected chi connectivity index (χ1v) is 16.0. The lowest BCUT2D eigenvalue weighted by atomic mass is 9.96. The number of alkyl halides is 1. The summed E-state index contributed by atoms with van der Waals surface area (Å²) in [6, 6.07) is 1.67. The maximum atomic E-state index is 13.4. The molecule has 1 saturated heterocycles. The maximum Gasteiger partial charge on any atom is 0.414 e. The highest BCUT2D eigenvalue weighted by atomic mass is 35.5. The van der Waals surface area contributed by atoms with Gasteiger partial charge in [-0.2, -0.15) is 0 Å². The van der Waals surface area contributed by atoms with Crippen molar-refractivity contribution in [1.82, 2.24) is 0 Å². The summed E-state index contributed by atoms with van der Waals surface area (Å²) in [5.41, 5.74) is 1.55. The van der Waals surface area contributed by atoms with E-state index in [4.69, 9.17) is 44.8 Å². The predicted octanol–water partition coefficient (Wildman–Crippen LogP) is 4.75. The zero-order chi connectivity index (χ0) is 34.1. The summed E-state index contributed by atoms with van der Waals surface area (Å²) in [4.78, 5) is 63.2. The lowest BCUT2D eigenvalue weighted by Crippen LogP contribution is -2.63. The molecule has 0 N–H and O–H groups in total. The van der Waals surface area contributed by atoms with Crippen LogP contribution in [0.3, 0.4) is 0 Å². The van der Waals surface area contributed by atoms with E-state index < -0.39 is 72.9 Å². The molecule has 6 atom stereocenters. The Labute approximate surface area is 275 Å². The number of aryl methyl sites for hydroxylation is 1. The number of carbonyl (C=O) groups is 5. The molecule has 3 heterocycles. The summed E-state index contributed by atoms with van der Waals surface area (Å²) >= 11 is 7.80. The molecule has 0 saturated carbocycles. The average Bonchev–Trinajstić information content (AvgIpc) is 3.49. The Morgan fingerprint density at radius 2 is 1.57 bits per heavy atom. The van der Waals surface area contributed by atoms with Crippen LogP contribution in [0, 0.1) is 6.92 Å². The summed E-state index contributed by atoms with van der Waals surface area (Å²) in [5, 5.41) is 2.77. The standard InChI is InChI=1S/C31H38ClNO12S/c1-14-13-46-28-21(9-20-24(23(14)28)19(10-32)11-33(20)30(38)45-31(6,7)8)43-29-27(42-18(5)37)26(41-17(4)36)25(40-16(3)35)22(44-29)12-39-15(2)34/h9,13,19,22,25-27,29H,10-12H2,1-8H3/t19-,22-,25+,26+,27-,29-/m1/s1. The number of hydrogen-bond acceptors (Lipinski definition) is 13. The Balaban J connectivity index is 1.85. The predicted molar refractivity (Wildman–Crippen MR) is 166 cm³/mol. The van der Waals surface area contributed by atoms with Crippen molar-refractivity contribution in [2.24, 2.45) is 0 Å². The van der Waals surface area contributed by atoms with E-state index in [1.165, 1.54) is 23.2 Å². The molecule has 0 radical (unpaired) electrons. The molecular weight excluding hydrogens is 646 g/mol. The van der Waals surface area contributed by atoms with Gasteiger partial charge in [0.25, 0.3) is 0 Å². The third kappa shape index (κ3) is 7.84. The molecule has 0 bridgehead atoms. The van der Waals surface area contributed by atoms with Crippen LogP contribution in [0.5, 0.6) is 5.75 Å². The highest BCUT2D eigenvalue weighted by Crippen LogP contribution is 2.49. The van der Waals surface area contributed by atoms with Gasteiger partial charge in [0.2, 0.25) is 12.4 Å². The quantitative estimate of drug-likeness (QED) is 0.214. The normalized spacial score (nSPS) is 24.2. The minimum Gasteiger partial charge on any atom is -0.463 e. The van der Waals surface area contributed by atoms with Gasteiger partial charge in [-0.15, -0.1) is 22.9 Å². The smallest absolute Gasteiger partial charge is 0.414 e. The number of halogens is 1. The second-order valence-corrected chi connectivity index (χ2v) is 13.2. The van der Waals surface area contributed by atoms with Gasteiger partial charge in [-0.3, -0.25) is 24.1 Å². The van der Waals surface area contributed by atoms with Gasteiger partial charge in [0.05, 0.1) is 10.4 Å². The summed E-state index contributed by atoms with van der Waals surface area (Å²) in [6.45, 7) is 11.7. The van der Waals surface area contributed by atoms with Crippen molar-refractivity contribution < 1.29 is 57.1 Å². The molecule has 1 aromatic heterocycles. The minimum absolute atomic E-state index is 0.195. The van der Waals surface area contributed by atoms with Crippen LogP contribution < -0.4 is 9.64 Å². The lowest BCUT2D eigenvalue weighted by Gasteiger charge is -2.44. The third-order valence-electron chi connectivity index (χ3n) is 7.11. The Bertz CT molecular complexity index is 1520. The van der Waals surface area contributed by atoms with E-state index in [0.29, 0.717) is 10.4 Å². The zero-order valence-corrected chi connectivity index (χ0v) is 28.4. The molecule has 13 nitrogen and oxygen atoms in total. The number of hydrogen-bond donors (Lipinski definition) is 0. The van der Waals surface area contributed by atoms with Crippen molar-refractivity contribution in [1.29, 1.82) is 0 Å². The Morgan fingerprint density at radius 3 is 2.13 bits per heavy atom. The Hall–Kier alpha value is -3.62. The van der Waals surface area contributed by atoms with Gasteiger partial charge in [0.15, 0.2) is 12.2 Å². The van der Waals surface area contributed by atoms with Gasteiger partial charge in [-0.1, -0.05) is 0 Å². The molecule has 1 aromatic carbocycles. The van der Waals surface area contributed by atoms with Crippen molar-refractivity contribution in [3.8, 4) is 5.75 Å². The maximum absolute atomic E-state index is 13.4. The number of thiophene rings is 1. The van der Waals surface area contributed by atoms with E-state index in [0.717, 1.165) is 37.3 Å². The fraction of sp³-hybridized carbons (Fsp3) is 0.581. The number of nitrogens with zero attached hydrogens (tertiary/aromatic N) is 1. The molecule has 2 aromatic rings. The lowest BCUT2D eigenvalue weighted by molar-refractivity contribution is -0.288. The summed E-state index contributed by atoms with van der Waals surface area (Å²) in [5.74, 6) is -2.59. The van der Waals surface area contributed by atoms with Crippen LogP contribution in [0.4, 0.5) is 10.5 Å². The van der Waals surface area contributed by atoms with Crippen LogP contribution in [-0.2, 0) is 47.6 Å². The summed E-state index contributed by atoms with van der Waals surface area (Å²) < 4.78 is 40.7. The van der Waals surface area contributed by atoms with Crippen LogP contribution in [0.15, 0.2) is 11.4 Å². The minimum atomic E-state index is -1.45. The Kier molecular flexibility index (Phi) is 10.7. The molecule has 1 fully saturated rings. The number of rotatable bonds is 8. The van der Waals surface area contributed by atoms with Crippen molar-refractivity contribution >= 4 is 68.7 Å². The second kappa shape index (κ2) is 14.0. The fourth-order valence-electron chi connectivity index (χ4n) is 5.51. The van der Waals surface area contributed by atoms with Gasteiger partial charge in [-0.25, -0.2) is 4.79 Å². The Morgan fingerprint density at radius 1 is 0.957 bits per heavy atom. The summed E-state index contributed by atoms with van der Waals surface area (Å²) in [6.07, 6.45) is -7.37. The topological polar surface area (TPSA) is 153 Å². The van der Waals surface area contributed by atoms with Crippen LogP contribution in [-0.4, -0.2) is 85.3 Å². The first-order chi connectivity index (χ1) is 21.5. The second-order valence-electron chi connectivity index (χ2n) is 12.1. The van der Waals surface area contributed by atoms with Gasteiger partial charge in [0.1, 0.15) is 24.1 Å². The van der Waals surface area contributed by atoms with E-state index in [2.05, 4.69) is 0 Å². The van der Waals surface area contributed by atoms with Gasteiger partial charge in [0, 0.05) is 57.5 Å². The number of carbonyl (C=O) groups excluding carboxylic acids is 5. The van der Waals surface area contributed by atoms with E-state index in [1.807, 2.05) is 12.3 Å². The largest absolute Gasteiger partial charge is 0.463 e. The average molecular weight is 684 g/mol. The molecule has 0 aliphatic carbocycles. The van der Waals surface area contributed by atoms with E-state index in [-0.39, 0.29) is 24.1 Å². The van der Waals surface area contributed by atoms with Crippen LogP contribution >= 0.6 is 22.9 Å². The van der Waals surface area contributed by atoms with Crippen molar-refractivity contribution in [3.63, 3.8) is 0 Å². The molecular formula is C31H38ClNO12S. The molecule has 1 amide bonds. The molecule has 2 aliphatic rings. The monoisotopic (exact) mass is 683 g/mol.